The van der Waals surface area contributed by atoms with Crippen molar-refractivity contribution in [2.24, 2.45) is 4.99 Å². The number of aryl methyl sites for hydroxylation is 1. The molecule has 3 heterocycles. The largest absolute Gasteiger partial charge is 0.346 e. The van der Waals surface area contributed by atoms with E-state index in [0.717, 1.165) is 34.6 Å². The summed E-state index contributed by atoms with van der Waals surface area (Å²) in [5.74, 6) is 0.823. The predicted octanol–water partition coefficient (Wildman–Crippen LogP) is 2.94. The molecular weight excluding hydrogens is 250 g/mol. The second kappa shape index (κ2) is 4.16. The Morgan fingerprint density at radius 1 is 1.25 bits per heavy atom. The van der Waals surface area contributed by atoms with E-state index in [1.165, 1.54) is 11.1 Å². The zero-order chi connectivity index (χ0) is 13.5. The molecule has 0 saturated carbocycles. The van der Waals surface area contributed by atoms with Gasteiger partial charge >= 0.3 is 0 Å². The van der Waals surface area contributed by atoms with E-state index in [2.05, 4.69) is 43.5 Å². The molecule has 0 bridgehead atoms. The maximum Gasteiger partial charge on any atom is 0.143 e. The summed E-state index contributed by atoms with van der Waals surface area (Å²) < 4.78 is 0. The van der Waals surface area contributed by atoms with Crippen molar-refractivity contribution in [1.82, 2.24) is 15.0 Å². The Kier molecular flexibility index (Phi) is 2.32. The highest BCUT2D eigenvalue weighted by molar-refractivity contribution is 5.92. The first kappa shape index (κ1) is 11.2. The van der Waals surface area contributed by atoms with Gasteiger partial charge in [0.1, 0.15) is 17.8 Å². The summed E-state index contributed by atoms with van der Waals surface area (Å²) in [6.45, 7) is 2.83. The Labute approximate surface area is 115 Å². The van der Waals surface area contributed by atoms with E-state index in [-0.39, 0.29) is 0 Å². The minimum Gasteiger partial charge on any atom is -0.346 e. The van der Waals surface area contributed by atoms with Crippen molar-refractivity contribution >= 4 is 28.8 Å². The fourth-order valence-electron chi connectivity index (χ4n) is 2.53. The third kappa shape index (κ3) is 1.67. The highest BCUT2D eigenvalue weighted by Crippen LogP contribution is 2.27. The van der Waals surface area contributed by atoms with Crippen molar-refractivity contribution in [2.45, 2.75) is 13.5 Å². The van der Waals surface area contributed by atoms with Crippen molar-refractivity contribution < 1.29 is 0 Å². The molecule has 3 aromatic rings. The Morgan fingerprint density at radius 3 is 3.15 bits per heavy atom. The minimum atomic E-state index is 0.782. The summed E-state index contributed by atoms with van der Waals surface area (Å²) >= 11 is 0. The van der Waals surface area contributed by atoms with E-state index >= 15 is 0 Å². The SMILES string of the molecule is Cc1c[nH]c2ncnc(Nc3ccc4c(c3)C=NC4)c12. The summed E-state index contributed by atoms with van der Waals surface area (Å²) in [5, 5.41) is 4.40. The van der Waals surface area contributed by atoms with Crippen molar-refractivity contribution in [3.05, 3.63) is 47.4 Å². The molecule has 4 rings (SSSR count). The zero-order valence-corrected chi connectivity index (χ0v) is 11.0. The molecule has 0 radical (unpaired) electrons. The number of aromatic nitrogens is 3. The maximum atomic E-state index is 4.35. The first-order chi connectivity index (χ1) is 9.81. The van der Waals surface area contributed by atoms with Gasteiger partial charge < -0.3 is 10.3 Å². The average molecular weight is 263 g/mol. The van der Waals surface area contributed by atoms with Crippen molar-refractivity contribution in [3.8, 4) is 0 Å². The van der Waals surface area contributed by atoms with Crippen LogP contribution in [0.15, 0.2) is 35.7 Å². The van der Waals surface area contributed by atoms with Crippen molar-refractivity contribution in [1.29, 1.82) is 0 Å². The fourth-order valence-corrected chi connectivity index (χ4v) is 2.53. The van der Waals surface area contributed by atoms with Gasteiger partial charge in [0.2, 0.25) is 0 Å². The molecule has 0 saturated heterocycles. The second-order valence-corrected chi connectivity index (χ2v) is 4.93. The predicted molar refractivity (Wildman–Crippen MR) is 79.6 cm³/mol. The van der Waals surface area contributed by atoms with Gasteiger partial charge in [-0.1, -0.05) is 6.07 Å². The lowest BCUT2D eigenvalue weighted by atomic mass is 10.1. The first-order valence-electron chi connectivity index (χ1n) is 6.50. The van der Waals surface area contributed by atoms with Gasteiger partial charge in [-0.05, 0) is 35.7 Å². The third-order valence-electron chi connectivity index (χ3n) is 3.57. The van der Waals surface area contributed by atoms with Gasteiger partial charge in [-0.2, -0.15) is 0 Å². The van der Waals surface area contributed by atoms with Crippen LogP contribution in [-0.4, -0.2) is 21.2 Å². The second-order valence-electron chi connectivity index (χ2n) is 4.93. The summed E-state index contributed by atoms with van der Waals surface area (Å²) in [6, 6.07) is 6.26. The van der Waals surface area contributed by atoms with Gasteiger partial charge in [-0.25, -0.2) is 9.97 Å². The van der Waals surface area contributed by atoms with E-state index in [0.29, 0.717) is 0 Å². The summed E-state index contributed by atoms with van der Waals surface area (Å²) in [5.41, 5.74) is 5.43. The number of H-pyrrole nitrogens is 1. The van der Waals surface area contributed by atoms with Gasteiger partial charge in [0, 0.05) is 18.1 Å². The number of fused-ring (bicyclic) bond motifs is 2. The van der Waals surface area contributed by atoms with Crippen LogP contribution in [0.2, 0.25) is 0 Å². The topological polar surface area (TPSA) is 66.0 Å². The maximum absolute atomic E-state index is 4.35. The van der Waals surface area contributed by atoms with Gasteiger partial charge in [0.25, 0.3) is 0 Å². The number of rotatable bonds is 2. The molecule has 2 N–H and O–H groups in total. The molecule has 20 heavy (non-hydrogen) atoms. The van der Waals surface area contributed by atoms with Crippen LogP contribution in [0.1, 0.15) is 16.7 Å². The number of aliphatic imine (C=N–C) groups is 1. The molecule has 0 spiro atoms. The monoisotopic (exact) mass is 263 g/mol. The lowest BCUT2D eigenvalue weighted by Crippen LogP contribution is -1.97. The molecule has 98 valence electrons. The number of hydrogen-bond acceptors (Lipinski definition) is 4. The molecule has 5 heteroatoms. The van der Waals surface area contributed by atoms with Crippen LogP contribution in [0.25, 0.3) is 11.0 Å². The third-order valence-corrected chi connectivity index (χ3v) is 3.57. The highest BCUT2D eigenvalue weighted by atomic mass is 15.0. The number of hydrogen-bond donors (Lipinski definition) is 2. The molecule has 0 aliphatic carbocycles. The molecule has 0 amide bonds. The van der Waals surface area contributed by atoms with Crippen LogP contribution in [0, 0.1) is 6.92 Å². The number of anilines is 2. The lowest BCUT2D eigenvalue weighted by molar-refractivity contribution is 1.11. The van der Waals surface area contributed by atoms with E-state index in [4.69, 9.17) is 0 Å². The molecule has 0 atom stereocenters. The Hall–Kier alpha value is -2.69. The molecule has 1 aromatic carbocycles. The number of nitrogens with zero attached hydrogens (tertiary/aromatic N) is 3. The van der Waals surface area contributed by atoms with Gasteiger partial charge in [-0.3, -0.25) is 4.99 Å². The van der Waals surface area contributed by atoms with Gasteiger partial charge in [-0.15, -0.1) is 0 Å². The highest BCUT2D eigenvalue weighted by Gasteiger charge is 2.10. The Morgan fingerprint density at radius 2 is 2.20 bits per heavy atom. The van der Waals surface area contributed by atoms with Gasteiger partial charge in [0.15, 0.2) is 0 Å². The molecule has 0 unspecified atom stereocenters. The van der Waals surface area contributed by atoms with Crippen LogP contribution < -0.4 is 5.32 Å². The molecule has 2 aromatic heterocycles. The zero-order valence-electron chi connectivity index (χ0n) is 11.0. The molecule has 0 fully saturated rings. The quantitative estimate of drug-likeness (QED) is 0.747. The van der Waals surface area contributed by atoms with Crippen LogP contribution in [0.3, 0.4) is 0 Å². The average Bonchev–Trinajstić information content (AvgIpc) is 3.06. The molecule has 5 nitrogen and oxygen atoms in total. The summed E-state index contributed by atoms with van der Waals surface area (Å²) in [7, 11) is 0. The van der Waals surface area contributed by atoms with Crippen molar-refractivity contribution in [3.63, 3.8) is 0 Å². The standard InChI is InChI=1S/C15H13N5/c1-9-5-17-14-13(9)15(19-8-18-14)20-12-3-2-10-6-16-7-11(10)4-12/h2-5,7-8H,6H2,1H3,(H2,17,18,19,20). The summed E-state index contributed by atoms with van der Waals surface area (Å²) in [4.78, 5) is 16.0. The van der Waals surface area contributed by atoms with Crippen LogP contribution in [0.5, 0.6) is 0 Å². The molecular formula is C15H13N5. The lowest BCUT2D eigenvalue weighted by Gasteiger charge is -2.08. The smallest absolute Gasteiger partial charge is 0.143 e. The fraction of sp³-hybridized carbons (Fsp3) is 0.133. The van der Waals surface area contributed by atoms with Crippen LogP contribution in [0.4, 0.5) is 11.5 Å². The Bertz CT molecular complexity index is 831. The molecule has 1 aliphatic rings. The minimum absolute atomic E-state index is 0.782. The number of benzene rings is 1. The number of aromatic amines is 1. The molecule has 1 aliphatic heterocycles. The number of nitrogens with one attached hydrogen (secondary N) is 2. The van der Waals surface area contributed by atoms with E-state index in [1.54, 1.807) is 6.33 Å². The van der Waals surface area contributed by atoms with Gasteiger partial charge in [0.05, 0.1) is 11.9 Å². The first-order valence-corrected chi connectivity index (χ1v) is 6.50. The van der Waals surface area contributed by atoms with Crippen LogP contribution in [-0.2, 0) is 6.54 Å². The summed E-state index contributed by atoms with van der Waals surface area (Å²) in [6.07, 6.45) is 5.42. The normalized spacial score (nSPS) is 12.8. The van der Waals surface area contributed by atoms with E-state index < -0.39 is 0 Å². The van der Waals surface area contributed by atoms with Crippen molar-refractivity contribution in [2.75, 3.05) is 5.32 Å². The van der Waals surface area contributed by atoms with Crippen LogP contribution >= 0.6 is 0 Å². The van der Waals surface area contributed by atoms with E-state index in [1.807, 2.05) is 19.3 Å². The Balaban J connectivity index is 1.77. The van der Waals surface area contributed by atoms with E-state index in [9.17, 15) is 0 Å².